The van der Waals surface area contributed by atoms with Gasteiger partial charge in [-0.2, -0.15) is 0 Å². The van der Waals surface area contributed by atoms with Crippen molar-refractivity contribution < 1.29 is 5.11 Å². The molecule has 1 fully saturated rings. The molecule has 0 bridgehead atoms. The number of aromatic nitrogens is 3. The van der Waals surface area contributed by atoms with E-state index in [0.29, 0.717) is 0 Å². The van der Waals surface area contributed by atoms with Crippen LogP contribution in [0.1, 0.15) is 37.6 Å². The summed E-state index contributed by atoms with van der Waals surface area (Å²) < 4.78 is 1.95. The maximum absolute atomic E-state index is 9.04. The van der Waals surface area contributed by atoms with Crippen LogP contribution >= 0.6 is 0 Å². The maximum Gasteiger partial charge on any atom is 0.111 e. The van der Waals surface area contributed by atoms with Crippen molar-refractivity contribution in [3.8, 4) is 0 Å². The molecule has 1 saturated carbocycles. The molecular formula is C10H17N3O. The SMILES string of the molecule is CCc1c(CO)nnn1CCC1CC1. The van der Waals surface area contributed by atoms with E-state index in [1.165, 1.54) is 19.3 Å². The third kappa shape index (κ3) is 1.95. The molecule has 1 aliphatic rings. The number of hydrogen-bond acceptors (Lipinski definition) is 3. The van der Waals surface area contributed by atoms with Crippen LogP contribution in [-0.4, -0.2) is 20.1 Å². The molecule has 0 amide bonds. The molecule has 0 saturated heterocycles. The second-order valence-electron chi connectivity index (χ2n) is 3.95. The van der Waals surface area contributed by atoms with E-state index in [1.54, 1.807) is 0 Å². The molecule has 0 atom stereocenters. The average Bonchev–Trinajstić information content (AvgIpc) is 2.95. The molecule has 0 aliphatic heterocycles. The highest BCUT2D eigenvalue weighted by molar-refractivity contribution is 5.08. The fourth-order valence-corrected chi connectivity index (χ4v) is 1.77. The Morgan fingerprint density at radius 3 is 2.86 bits per heavy atom. The first-order valence-electron chi connectivity index (χ1n) is 5.37. The summed E-state index contributed by atoms with van der Waals surface area (Å²) in [5.41, 5.74) is 1.83. The highest BCUT2D eigenvalue weighted by Crippen LogP contribution is 2.32. The Balaban J connectivity index is 2.02. The lowest BCUT2D eigenvalue weighted by molar-refractivity contribution is 0.275. The van der Waals surface area contributed by atoms with Crippen molar-refractivity contribution in [2.75, 3.05) is 0 Å². The minimum atomic E-state index is 0.00655. The molecule has 4 heteroatoms. The van der Waals surface area contributed by atoms with Crippen LogP contribution in [0.3, 0.4) is 0 Å². The van der Waals surface area contributed by atoms with Gasteiger partial charge in [-0.3, -0.25) is 0 Å². The van der Waals surface area contributed by atoms with Crippen LogP contribution in [-0.2, 0) is 19.6 Å². The molecule has 1 aromatic heterocycles. The standard InChI is InChI=1S/C10H17N3O/c1-2-10-9(7-14)11-12-13(10)6-5-8-3-4-8/h8,14H,2-7H2,1H3. The zero-order valence-corrected chi connectivity index (χ0v) is 8.61. The summed E-state index contributed by atoms with van der Waals surface area (Å²) in [5.74, 6) is 0.918. The van der Waals surface area contributed by atoms with Gasteiger partial charge in [-0.15, -0.1) is 5.10 Å². The summed E-state index contributed by atoms with van der Waals surface area (Å²) >= 11 is 0. The van der Waals surface area contributed by atoms with Crippen LogP contribution in [0.15, 0.2) is 0 Å². The molecule has 1 heterocycles. The molecule has 0 spiro atoms. The number of rotatable bonds is 5. The van der Waals surface area contributed by atoms with Gasteiger partial charge in [0.1, 0.15) is 5.69 Å². The van der Waals surface area contributed by atoms with Crippen LogP contribution in [0.5, 0.6) is 0 Å². The van der Waals surface area contributed by atoms with Crippen molar-refractivity contribution in [3.63, 3.8) is 0 Å². The van der Waals surface area contributed by atoms with E-state index >= 15 is 0 Å². The van der Waals surface area contributed by atoms with E-state index in [1.807, 2.05) is 4.68 Å². The summed E-state index contributed by atoms with van der Waals surface area (Å²) in [4.78, 5) is 0. The topological polar surface area (TPSA) is 50.9 Å². The Hall–Kier alpha value is -0.900. The van der Waals surface area contributed by atoms with E-state index in [4.69, 9.17) is 5.11 Å². The first-order chi connectivity index (χ1) is 6.85. The molecule has 0 radical (unpaired) electrons. The van der Waals surface area contributed by atoms with Gasteiger partial charge in [-0.1, -0.05) is 25.0 Å². The highest BCUT2D eigenvalue weighted by atomic mass is 16.3. The molecular weight excluding hydrogens is 178 g/mol. The van der Waals surface area contributed by atoms with Gasteiger partial charge >= 0.3 is 0 Å². The molecule has 1 aliphatic carbocycles. The van der Waals surface area contributed by atoms with Crippen molar-refractivity contribution in [2.24, 2.45) is 5.92 Å². The third-order valence-corrected chi connectivity index (χ3v) is 2.85. The van der Waals surface area contributed by atoms with Gasteiger partial charge in [0.2, 0.25) is 0 Å². The Kier molecular flexibility index (Phi) is 2.82. The van der Waals surface area contributed by atoms with Crippen LogP contribution in [0.4, 0.5) is 0 Å². The lowest BCUT2D eigenvalue weighted by Crippen LogP contribution is -2.06. The molecule has 2 rings (SSSR count). The average molecular weight is 195 g/mol. The molecule has 4 nitrogen and oxygen atoms in total. The van der Waals surface area contributed by atoms with Gasteiger partial charge in [0.15, 0.2) is 0 Å². The summed E-state index contributed by atoms with van der Waals surface area (Å²) in [6.45, 7) is 3.04. The van der Waals surface area contributed by atoms with Gasteiger partial charge < -0.3 is 5.11 Å². The summed E-state index contributed by atoms with van der Waals surface area (Å²) in [6.07, 6.45) is 4.86. The van der Waals surface area contributed by atoms with E-state index < -0.39 is 0 Å². The fraction of sp³-hybridized carbons (Fsp3) is 0.800. The largest absolute Gasteiger partial charge is 0.390 e. The van der Waals surface area contributed by atoms with E-state index in [0.717, 1.165) is 30.3 Å². The molecule has 14 heavy (non-hydrogen) atoms. The minimum Gasteiger partial charge on any atom is -0.390 e. The van der Waals surface area contributed by atoms with Crippen LogP contribution < -0.4 is 0 Å². The normalized spacial score (nSPS) is 16.1. The van der Waals surface area contributed by atoms with Gasteiger partial charge in [0.05, 0.1) is 12.3 Å². The number of aryl methyl sites for hydroxylation is 1. The van der Waals surface area contributed by atoms with Gasteiger partial charge in [0.25, 0.3) is 0 Å². The van der Waals surface area contributed by atoms with Crippen molar-refractivity contribution >= 4 is 0 Å². The summed E-state index contributed by atoms with van der Waals surface area (Å²) in [7, 11) is 0. The van der Waals surface area contributed by atoms with E-state index in [-0.39, 0.29) is 6.61 Å². The van der Waals surface area contributed by atoms with Gasteiger partial charge in [-0.05, 0) is 18.8 Å². The monoisotopic (exact) mass is 195 g/mol. The number of nitrogens with zero attached hydrogens (tertiary/aromatic N) is 3. The van der Waals surface area contributed by atoms with Crippen molar-refractivity contribution in [1.82, 2.24) is 15.0 Å². The first kappa shape index (κ1) is 9.65. The molecule has 0 unspecified atom stereocenters. The lowest BCUT2D eigenvalue weighted by Gasteiger charge is -2.04. The number of aliphatic hydroxyl groups excluding tert-OH is 1. The first-order valence-corrected chi connectivity index (χ1v) is 5.37. The Labute approximate surface area is 83.9 Å². The fourth-order valence-electron chi connectivity index (χ4n) is 1.77. The second kappa shape index (κ2) is 4.09. The quantitative estimate of drug-likeness (QED) is 0.766. The molecule has 1 aromatic rings. The Morgan fingerprint density at radius 1 is 1.50 bits per heavy atom. The van der Waals surface area contributed by atoms with Crippen LogP contribution in [0.2, 0.25) is 0 Å². The predicted octanol–water partition coefficient (Wildman–Crippen LogP) is 1.13. The number of aliphatic hydroxyl groups is 1. The van der Waals surface area contributed by atoms with Crippen molar-refractivity contribution in [2.45, 2.75) is 45.8 Å². The van der Waals surface area contributed by atoms with Crippen LogP contribution in [0, 0.1) is 5.92 Å². The lowest BCUT2D eigenvalue weighted by atomic mass is 10.2. The van der Waals surface area contributed by atoms with E-state index in [9.17, 15) is 0 Å². The minimum absolute atomic E-state index is 0.00655. The Morgan fingerprint density at radius 2 is 2.29 bits per heavy atom. The third-order valence-electron chi connectivity index (χ3n) is 2.85. The van der Waals surface area contributed by atoms with Gasteiger partial charge in [-0.25, -0.2) is 4.68 Å². The summed E-state index contributed by atoms with van der Waals surface area (Å²) in [6, 6.07) is 0. The van der Waals surface area contributed by atoms with Crippen molar-refractivity contribution in [3.05, 3.63) is 11.4 Å². The Bertz CT molecular complexity index is 304. The maximum atomic E-state index is 9.04. The van der Waals surface area contributed by atoms with Gasteiger partial charge in [0, 0.05) is 6.54 Å². The highest BCUT2D eigenvalue weighted by Gasteiger charge is 2.21. The molecule has 78 valence electrons. The molecule has 1 N–H and O–H groups in total. The van der Waals surface area contributed by atoms with Crippen molar-refractivity contribution in [1.29, 1.82) is 0 Å². The second-order valence-corrected chi connectivity index (χ2v) is 3.95. The smallest absolute Gasteiger partial charge is 0.111 e. The zero-order valence-electron chi connectivity index (χ0n) is 8.61. The van der Waals surface area contributed by atoms with E-state index in [2.05, 4.69) is 17.2 Å². The molecule has 0 aromatic carbocycles. The van der Waals surface area contributed by atoms with Crippen LogP contribution in [0.25, 0.3) is 0 Å². The summed E-state index contributed by atoms with van der Waals surface area (Å²) in [5, 5.41) is 17.1. The predicted molar refractivity (Wildman–Crippen MR) is 52.7 cm³/mol. The number of hydrogen-bond donors (Lipinski definition) is 1. The zero-order chi connectivity index (χ0) is 9.97.